The molecule has 0 amide bonds. The molecule has 0 saturated carbocycles. The van der Waals surface area contributed by atoms with Crippen LogP contribution in [0.4, 0.5) is 0 Å². The lowest BCUT2D eigenvalue weighted by Crippen LogP contribution is -2.31. The van der Waals surface area contributed by atoms with Gasteiger partial charge in [-0.05, 0) is 44.2 Å². The summed E-state index contributed by atoms with van der Waals surface area (Å²) in [4.78, 5) is 0. The molecule has 3 heteroatoms. The predicted octanol–water partition coefficient (Wildman–Crippen LogP) is 2.47. The normalized spacial score (nSPS) is 22.9. The van der Waals surface area contributed by atoms with Crippen molar-refractivity contribution in [2.45, 2.75) is 33.1 Å². The third-order valence-electron chi connectivity index (χ3n) is 2.75. The summed E-state index contributed by atoms with van der Waals surface area (Å²) in [6.07, 6.45) is 3.89. The largest absolute Gasteiger partial charge is 0.381 e. The lowest BCUT2D eigenvalue weighted by molar-refractivity contribution is 0.0367. The minimum atomic E-state index is 0. The van der Waals surface area contributed by atoms with Crippen LogP contribution >= 0.6 is 12.4 Å². The summed E-state index contributed by atoms with van der Waals surface area (Å²) >= 11 is 0. The van der Waals surface area contributed by atoms with Crippen molar-refractivity contribution in [2.24, 2.45) is 11.3 Å². The van der Waals surface area contributed by atoms with Crippen molar-refractivity contribution in [3.8, 4) is 0 Å². The van der Waals surface area contributed by atoms with Crippen LogP contribution in [0.2, 0.25) is 0 Å². The highest BCUT2D eigenvalue weighted by atomic mass is 35.5. The number of ether oxygens (including phenoxy) is 1. The maximum atomic E-state index is 5.49. The number of halogens is 1. The fourth-order valence-corrected chi connectivity index (χ4v) is 2.30. The highest BCUT2D eigenvalue weighted by Gasteiger charge is 2.24. The predicted molar refractivity (Wildman–Crippen MR) is 63.1 cm³/mol. The average Bonchev–Trinajstić information content (AvgIpc) is 2.04. The molecular weight excluding hydrogens is 198 g/mol. The summed E-state index contributed by atoms with van der Waals surface area (Å²) in [6, 6.07) is 0. The molecule has 0 bridgehead atoms. The quantitative estimate of drug-likeness (QED) is 0.788. The fraction of sp³-hybridized carbons (Fsp3) is 1.00. The Morgan fingerprint density at radius 2 is 2.14 bits per heavy atom. The van der Waals surface area contributed by atoms with Gasteiger partial charge in [-0.3, -0.25) is 0 Å². The molecule has 2 nitrogen and oxygen atoms in total. The molecule has 1 aliphatic heterocycles. The molecule has 1 heterocycles. The van der Waals surface area contributed by atoms with E-state index in [1.54, 1.807) is 0 Å². The summed E-state index contributed by atoms with van der Waals surface area (Å²) in [5, 5.41) is 3.26. The van der Waals surface area contributed by atoms with Crippen LogP contribution < -0.4 is 5.32 Å². The molecule has 1 fully saturated rings. The van der Waals surface area contributed by atoms with E-state index in [4.69, 9.17) is 4.74 Å². The summed E-state index contributed by atoms with van der Waals surface area (Å²) < 4.78 is 5.49. The zero-order valence-corrected chi connectivity index (χ0v) is 10.5. The average molecular weight is 222 g/mol. The van der Waals surface area contributed by atoms with Crippen LogP contribution in [0.15, 0.2) is 0 Å². The zero-order valence-electron chi connectivity index (χ0n) is 9.64. The van der Waals surface area contributed by atoms with Gasteiger partial charge in [0, 0.05) is 13.2 Å². The molecule has 0 aromatic carbocycles. The Bertz CT molecular complexity index is 144. The molecule has 1 unspecified atom stereocenters. The van der Waals surface area contributed by atoms with Crippen LogP contribution in [0.1, 0.15) is 33.1 Å². The lowest BCUT2D eigenvalue weighted by Gasteiger charge is -2.31. The van der Waals surface area contributed by atoms with Gasteiger partial charge in [-0.25, -0.2) is 0 Å². The van der Waals surface area contributed by atoms with Crippen LogP contribution in [0.5, 0.6) is 0 Å². The molecule has 0 aliphatic carbocycles. The van der Waals surface area contributed by atoms with Crippen LogP contribution in [0.25, 0.3) is 0 Å². The van der Waals surface area contributed by atoms with Crippen molar-refractivity contribution in [1.29, 1.82) is 0 Å². The molecule has 1 saturated heterocycles. The molecule has 14 heavy (non-hydrogen) atoms. The standard InChI is InChI=1S/C11H23NO.ClH/c1-11(2,9-12-3)7-10-5-4-6-13-8-10;/h10,12H,4-9H2,1-3H3;1H. The summed E-state index contributed by atoms with van der Waals surface area (Å²) in [5.41, 5.74) is 0.417. The Morgan fingerprint density at radius 1 is 1.43 bits per heavy atom. The van der Waals surface area contributed by atoms with Crippen molar-refractivity contribution >= 4 is 12.4 Å². The Labute approximate surface area is 94.2 Å². The van der Waals surface area contributed by atoms with Crippen LogP contribution in [-0.2, 0) is 4.74 Å². The van der Waals surface area contributed by atoms with Crippen molar-refractivity contribution in [3.05, 3.63) is 0 Å². The smallest absolute Gasteiger partial charge is 0.0494 e. The number of rotatable bonds is 4. The first-order chi connectivity index (χ1) is 6.14. The molecule has 0 spiro atoms. The molecule has 1 rings (SSSR count). The number of hydrogen-bond acceptors (Lipinski definition) is 2. The highest BCUT2D eigenvalue weighted by Crippen LogP contribution is 2.29. The van der Waals surface area contributed by atoms with E-state index in [-0.39, 0.29) is 12.4 Å². The SMILES string of the molecule is CNCC(C)(C)CC1CCCOC1.Cl. The highest BCUT2D eigenvalue weighted by molar-refractivity contribution is 5.85. The fourth-order valence-electron chi connectivity index (χ4n) is 2.30. The molecule has 86 valence electrons. The van der Waals surface area contributed by atoms with Gasteiger partial charge in [0.1, 0.15) is 0 Å². The molecular formula is C11H24ClNO. The zero-order chi connectivity index (χ0) is 9.73. The summed E-state index contributed by atoms with van der Waals surface area (Å²) in [5.74, 6) is 0.789. The van der Waals surface area contributed by atoms with Crippen LogP contribution in [-0.4, -0.2) is 26.8 Å². The van der Waals surface area contributed by atoms with E-state index in [1.165, 1.54) is 19.3 Å². The maximum absolute atomic E-state index is 5.49. The third-order valence-corrected chi connectivity index (χ3v) is 2.75. The lowest BCUT2D eigenvalue weighted by atomic mass is 9.81. The summed E-state index contributed by atoms with van der Waals surface area (Å²) in [6.45, 7) is 7.72. The molecule has 0 aromatic rings. The Hall–Kier alpha value is 0.210. The number of hydrogen-bond donors (Lipinski definition) is 1. The third kappa shape index (κ3) is 5.18. The van der Waals surface area contributed by atoms with E-state index < -0.39 is 0 Å². The maximum Gasteiger partial charge on any atom is 0.0494 e. The van der Waals surface area contributed by atoms with Gasteiger partial charge in [0.2, 0.25) is 0 Å². The van der Waals surface area contributed by atoms with E-state index in [1.807, 2.05) is 7.05 Å². The van der Waals surface area contributed by atoms with E-state index >= 15 is 0 Å². The minimum absolute atomic E-state index is 0. The van der Waals surface area contributed by atoms with Crippen molar-refractivity contribution in [1.82, 2.24) is 5.32 Å². The molecule has 0 aromatic heterocycles. The van der Waals surface area contributed by atoms with E-state index in [0.717, 1.165) is 25.7 Å². The topological polar surface area (TPSA) is 21.3 Å². The van der Waals surface area contributed by atoms with Crippen LogP contribution in [0, 0.1) is 11.3 Å². The second-order valence-corrected chi connectivity index (χ2v) is 4.98. The van der Waals surface area contributed by atoms with E-state index in [9.17, 15) is 0 Å². The van der Waals surface area contributed by atoms with Gasteiger partial charge in [-0.15, -0.1) is 12.4 Å². The van der Waals surface area contributed by atoms with Crippen molar-refractivity contribution in [2.75, 3.05) is 26.8 Å². The first-order valence-electron chi connectivity index (χ1n) is 5.36. The minimum Gasteiger partial charge on any atom is -0.381 e. The molecule has 1 N–H and O–H groups in total. The summed E-state index contributed by atoms with van der Waals surface area (Å²) in [7, 11) is 2.03. The first kappa shape index (κ1) is 14.2. The van der Waals surface area contributed by atoms with E-state index in [2.05, 4.69) is 19.2 Å². The first-order valence-corrected chi connectivity index (χ1v) is 5.36. The van der Waals surface area contributed by atoms with E-state index in [0.29, 0.717) is 5.41 Å². The Balaban J connectivity index is 0.00000169. The van der Waals surface area contributed by atoms with Gasteiger partial charge >= 0.3 is 0 Å². The van der Waals surface area contributed by atoms with Gasteiger partial charge < -0.3 is 10.1 Å². The van der Waals surface area contributed by atoms with Crippen LogP contribution in [0.3, 0.4) is 0 Å². The molecule has 0 radical (unpaired) electrons. The second kappa shape index (κ2) is 6.65. The monoisotopic (exact) mass is 221 g/mol. The van der Waals surface area contributed by atoms with Gasteiger partial charge in [0.25, 0.3) is 0 Å². The Kier molecular flexibility index (Phi) is 6.75. The second-order valence-electron chi connectivity index (χ2n) is 4.98. The van der Waals surface area contributed by atoms with Crippen molar-refractivity contribution in [3.63, 3.8) is 0 Å². The molecule has 1 atom stereocenters. The number of nitrogens with one attached hydrogen (secondary N) is 1. The molecule has 1 aliphatic rings. The van der Waals surface area contributed by atoms with Gasteiger partial charge in [0.05, 0.1) is 0 Å². The van der Waals surface area contributed by atoms with Gasteiger partial charge in [-0.1, -0.05) is 13.8 Å². The van der Waals surface area contributed by atoms with Gasteiger partial charge in [-0.2, -0.15) is 0 Å². The van der Waals surface area contributed by atoms with Crippen molar-refractivity contribution < 1.29 is 4.74 Å². The van der Waals surface area contributed by atoms with Gasteiger partial charge in [0.15, 0.2) is 0 Å². The Morgan fingerprint density at radius 3 is 2.64 bits per heavy atom.